The molecule has 0 radical (unpaired) electrons. The predicted octanol–water partition coefficient (Wildman–Crippen LogP) is 4.26. The van der Waals surface area contributed by atoms with Crippen molar-refractivity contribution in [3.05, 3.63) is 83.2 Å². The Balaban J connectivity index is 1.62. The Morgan fingerprint density at radius 3 is 2.22 bits per heavy atom. The van der Waals surface area contributed by atoms with E-state index in [-0.39, 0.29) is 5.91 Å². The zero-order valence-corrected chi connectivity index (χ0v) is 15.8. The quantitative estimate of drug-likeness (QED) is 0.527. The van der Waals surface area contributed by atoms with Crippen molar-refractivity contribution in [3.8, 4) is 11.4 Å². The van der Waals surface area contributed by atoms with Crippen molar-refractivity contribution >= 4 is 12.1 Å². The molecule has 0 aliphatic heterocycles. The van der Waals surface area contributed by atoms with Crippen molar-refractivity contribution in [2.75, 3.05) is 6.61 Å². The number of ether oxygens (including phenoxy) is 1. The fourth-order valence-electron chi connectivity index (χ4n) is 2.88. The summed E-state index contributed by atoms with van der Waals surface area (Å²) in [5.74, 6) is 0.566. The number of nitrogens with zero attached hydrogens (tertiary/aromatic N) is 2. The number of carbonyl (C=O) groups excluding carboxylic acids is 1. The number of rotatable bonds is 6. The van der Waals surface area contributed by atoms with Gasteiger partial charge in [-0.15, -0.1) is 0 Å². The van der Waals surface area contributed by atoms with Gasteiger partial charge in [-0.2, -0.15) is 5.10 Å². The number of hydrogen-bond acceptors (Lipinski definition) is 3. The Bertz CT molecular complexity index is 919. The fraction of sp³-hybridized carbons (Fsp3) is 0.182. The number of aryl methyl sites for hydroxylation is 2. The Morgan fingerprint density at radius 2 is 1.63 bits per heavy atom. The van der Waals surface area contributed by atoms with Gasteiger partial charge in [0.05, 0.1) is 12.8 Å². The van der Waals surface area contributed by atoms with Gasteiger partial charge in [0.15, 0.2) is 0 Å². The predicted molar refractivity (Wildman–Crippen MR) is 108 cm³/mol. The van der Waals surface area contributed by atoms with E-state index in [2.05, 4.69) is 41.1 Å². The summed E-state index contributed by atoms with van der Waals surface area (Å²) in [6.07, 6.45) is 1.61. The van der Waals surface area contributed by atoms with Gasteiger partial charge in [-0.3, -0.25) is 4.79 Å². The second kappa shape index (κ2) is 8.36. The van der Waals surface area contributed by atoms with Crippen LogP contribution in [0.2, 0.25) is 0 Å². The first-order chi connectivity index (χ1) is 13.1. The molecule has 1 heterocycles. The van der Waals surface area contributed by atoms with Crippen molar-refractivity contribution in [3.63, 3.8) is 0 Å². The van der Waals surface area contributed by atoms with Gasteiger partial charge in [0, 0.05) is 22.6 Å². The minimum absolute atomic E-state index is 0.246. The molecule has 0 aliphatic rings. The molecule has 5 heteroatoms. The summed E-state index contributed by atoms with van der Waals surface area (Å²) in [5, 5.41) is 4.02. The first-order valence-corrected chi connectivity index (χ1v) is 8.90. The highest BCUT2D eigenvalue weighted by Crippen LogP contribution is 2.17. The van der Waals surface area contributed by atoms with Gasteiger partial charge in [-0.1, -0.05) is 0 Å². The summed E-state index contributed by atoms with van der Waals surface area (Å²) in [6.45, 7) is 6.69. The van der Waals surface area contributed by atoms with E-state index in [1.54, 1.807) is 18.3 Å². The first-order valence-electron chi connectivity index (χ1n) is 8.90. The van der Waals surface area contributed by atoms with E-state index in [9.17, 15) is 4.79 Å². The lowest BCUT2D eigenvalue weighted by atomic mass is 10.2. The van der Waals surface area contributed by atoms with Crippen LogP contribution in [0.25, 0.3) is 5.69 Å². The summed E-state index contributed by atoms with van der Waals surface area (Å²) in [6, 6.07) is 19.1. The van der Waals surface area contributed by atoms with Gasteiger partial charge in [0.25, 0.3) is 5.91 Å². The van der Waals surface area contributed by atoms with Crippen LogP contribution in [0.3, 0.4) is 0 Å². The molecule has 0 fully saturated rings. The zero-order valence-electron chi connectivity index (χ0n) is 15.8. The minimum Gasteiger partial charge on any atom is -0.494 e. The third-order valence-electron chi connectivity index (χ3n) is 4.23. The molecular weight excluding hydrogens is 338 g/mol. The number of hydrogen-bond donors (Lipinski definition) is 1. The SMILES string of the molecule is CCOc1ccc(/C=N/NC(=O)c2ccc(-n3c(C)ccc3C)cc2)cc1. The molecule has 5 nitrogen and oxygen atoms in total. The van der Waals surface area contributed by atoms with E-state index in [0.29, 0.717) is 12.2 Å². The standard InChI is InChI=1S/C22H23N3O2/c1-4-27-21-13-7-18(8-14-21)15-23-24-22(26)19-9-11-20(12-10-19)25-16(2)5-6-17(25)3/h5-15H,4H2,1-3H3,(H,24,26)/b23-15+. The lowest BCUT2D eigenvalue weighted by Crippen LogP contribution is -2.17. The molecule has 3 rings (SSSR count). The first kappa shape index (κ1) is 18.5. The van der Waals surface area contributed by atoms with Crippen LogP contribution in [0.5, 0.6) is 5.75 Å². The molecule has 0 aliphatic carbocycles. The van der Waals surface area contributed by atoms with Crippen LogP contribution in [0.1, 0.15) is 34.2 Å². The highest BCUT2D eigenvalue weighted by molar-refractivity contribution is 5.95. The van der Waals surface area contributed by atoms with Gasteiger partial charge in [-0.25, -0.2) is 5.43 Å². The molecule has 0 atom stereocenters. The minimum atomic E-state index is -0.246. The average molecular weight is 361 g/mol. The molecule has 1 N–H and O–H groups in total. The van der Waals surface area contributed by atoms with Gasteiger partial charge in [-0.05, 0) is 87.0 Å². The average Bonchev–Trinajstić information content (AvgIpc) is 3.02. The topological polar surface area (TPSA) is 55.6 Å². The monoisotopic (exact) mass is 361 g/mol. The van der Waals surface area contributed by atoms with Gasteiger partial charge < -0.3 is 9.30 Å². The summed E-state index contributed by atoms with van der Waals surface area (Å²) in [7, 11) is 0. The summed E-state index contributed by atoms with van der Waals surface area (Å²) in [4.78, 5) is 12.3. The maximum Gasteiger partial charge on any atom is 0.271 e. The smallest absolute Gasteiger partial charge is 0.271 e. The zero-order chi connectivity index (χ0) is 19.2. The van der Waals surface area contributed by atoms with E-state index in [0.717, 1.165) is 28.4 Å². The molecule has 2 aromatic carbocycles. The number of carbonyl (C=O) groups is 1. The van der Waals surface area contributed by atoms with E-state index in [1.165, 1.54) is 0 Å². The normalized spacial score (nSPS) is 10.9. The maximum atomic E-state index is 12.3. The van der Waals surface area contributed by atoms with Crippen molar-refractivity contribution in [1.29, 1.82) is 0 Å². The van der Waals surface area contributed by atoms with Crippen LogP contribution in [0.15, 0.2) is 65.8 Å². The molecule has 0 spiro atoms. The lowest BCUT2D eigenvalue weighted by Gasteiger charge is -2.10. The molecule has 27 heavy (non-hydrogen) atoms. The largest absolute Gasteiger partial charge is 0.494 e. The van der Waals surface area contributed by atoms with Crippen LogP contribution in [0, 0.1) is 13.8 Å². The van der Waals surface area contributed by atoms with Crippen LogP contribution >= 0.6 is 0 Å². The second-order valence-corrected chi connectivity index (χ2v) is 6.20. The van der Waals surface area contributed by atoms with Crippen LogP contribution in [-0.4, -0.2) is 23.3 Å². The molecule has 0 saturated heterocycles. The van der Waals surface area contributed by atoms with E-state index >= 15 is 0 Å². The second-order valence-electron chi connectivity index (χ2n) is 6.20. The maximum absolute atomic E-state index is 12.3. The summed E-state index contributed by atoms with van der Waals surface area (Å²) >= 11 is 0. The number of amides is 1. The number of hydrazone groups is 1. The van der Waals surface area contributed by atoms with Gasteiger partial charge >= 0.3 is 0 Å². The molecular formula is C22H23N3O2. The van der Waals surface area contributed by atoms with Crippen molar-refractivity contribution in [1.82, 2.24) is 9.99 Å². The highest BCUT2D eigenvalue weighted by Gasteiger charge is 2.07. The molecule has 1 aromatic heterocycles. The van der Waals surface area contributed by atoms with Crippen LogP contribution < -0.4 is 10.2 Å². The molecule has 3 aromatic rings. The van der Waals surface area contributed by atoms with Gasteiger partial charge in [0.2, 0.25) is 0 Å². The lowest BCUT2D eigenvalue weighted by molar-refractivity contribution is 0.0955. The number of benzene rings is 2. The van der Waals surface area contributed by atoms with E-state index in [4.69, 9.17) is 4.74 Å². The Labute approximate surface area is 159 Å². The fourth-order valence-corrected chi connectivity index (χ4v) is 2.88. The van der Waals surface area contributed by atoms with E-state index in [1.807, 2.05) is 43.3 Å². The molecule has 1 amide bonds. The van der Waals surface area contributed by atoms with Crippen molar-refractivity contribution in [2.24, 2.45) is 5.10 Å². The Hall–Kier alpha value is -3.34. The third-order valence-corrected chi connectivity index (χ3v) is 4.23. The molecule has 0 unspecified atom stereocenters. The molecule has 0 saturated carbocycles. The molecule has 0 bridgehead atoms. The Morgan fingerprint density at radius 1 is 1.00 bits per heavy atom. The summed E-state index contributed by atoms with van der Waals surface area (Å²) < 4.78 is 7.54. The van der Waals surface area contributed by atoms with Crippen molar-refractivity contribution < 1.29 is 9.53 Å². The highest BCUT2D eigenvalue weighted by atomic mass is 16.5. The number of nitrogens with one attached hydrogen (secondary N) is 1. The van der Waals surface area contributed by atoms with Crippen molar-refractivity contribution in [2.45, 2.75) is 20.8 Å². The third kappa shape index (κ3) is 4.44. The van der Waals surface area contributed by atoms with Crippen LogP contribution in [0.4, 0.5) is 0 Å². The molecule has 138 valence electrons. The van der Waals surface area contributed by atoms with E-state index < -0.39 is 0 Å². The summed E-state index contributed by atoms with van der Waals surface area (Å²) in [5.41, 5.74) is 7.35. The van der Waals surface area contributed by atoms with Crippen LogP contribution in [-0.2, 0) is 0 Å². The number of aromatic nitrogens is 1. The Kier molecular flexibility index (Phi) is 5.71. The van der Waals surface area contributed by atoms with Gasteiger partial charge in [0.1, 0.15) is 5.75 Å².